The topological polar surface area (TPSA) is 31.0 Å². The Balaban J connectivity index is 1.82. The van der Waals surface area contributed by atoms with Crippen LogP contribution in [0.2, 0.25) is 5.02 Å². The van der Waals surface area contributed by atoms with E-state index in [1.54, 1.807) is 6.26 Å². The first-order valence-electron chi connectivity index (χ1n) is 5.63. The van der Waals surface area contributed by atoms with Crippen LogP contribution in [0.3, 0.4) is 0 Å². The van der Waals surface area contributed by atoms with Crippen LogP contribution in [0.4, 0.5) is 0 Å². The van der Waals surface area contributed by atoms with E-state index >= 15 is 0 Å². The second-order valence-corrected chi connectivity index (χ2v) is 4.44. The van der Waals surface area contributed by atoms with Crippen LogP contribution >= 0.6 is 11.6 Å². The zero-order chi connectivity index (χ0) is 12.4. The van der Waals surface area contributed by atoms with E-state index in [2.05, 4.69) is 5.10 Å². The molecule has 0 N–H and O–H groups in total. The van der Waals surface area contributed by atoms with Gasteiger partial charge in [-0.05, 0) is 35.9 Å². The van der Waals surface area contributed by atoms with Crippen molar-refractivity contribution in [3.63, 3.8) is 0 Å². The van der Waals surface area contributed by atoms with Gasteiger partial charge in [-0.15, -0.1) is 0 Å². The largest absolute Gasteiger partial charge is 0.463 e. The summed E-state index contributed by atoms with van der Waals surface area (Å²) >= 11 is 5.95. The van der Waals surface area contributed by atoms with Gasteiger partial charge >= 0.3 is 0 Å². The first-order chi connectivity index (χ1) is 8.81. The summed E-state index contributed by atoms with van der Waals surface area (Å²) in [5.41, 5.74) is 1.96. The molecule has 0 saturated heterocycles. The van der Waals surface area contributed by atoms with Crippen molar-refractivity contribution in [1.82, 2.24) is 9.78 Å². The second-order valence-electron chi connectivity index (χ2n) is 4.01. The van der Waals surface area contributed by atoms with Crippen molar-refractivity contribution in [1.29, 1.82) is 0 Å². The van der Waals surface area contributed by atoms with Gasteiger partial charge in [0, 0.05) is 11.2 Å². The molecule has 3 rings (SSSR count). The molecule has 3 aromatic rings. The van der Waals surface area contributed by atoms with E-state index in [9.17, 15) is 0 Å². The molecule has 0 fully saturated rings. The molecule has 0 spiro atoms. The molecule has 1 aromatic carbocycles. The molecule has 0 aliphatic heterocycles. The fourth-order valence-corrected chi connectivity index (χ4v) is 2.04. The molecular weight excluding hydrogens is 248 g/mol. The van der Waals surface area contributed by atoms with Crippen LogP contribution in [-0.4, -0.2) is 9.78 Å². The summed E-state index contributed by atoms with van der Waals surface area (Å²) in [6.45, 7) is 0.696. The van der Waals surface area contributed by atoms with Crippen LogP contribution < -0.4 is 0 Å². The molecule has 0 unspecified atom stereocenters. The highest BCUT2D eigenvalue weighted by Gasteiger charge is 2.05. The normalized spacial score (nSPS) is 10.7. The van der Waals surface area contributed by atoms with Crippen molar-refractivity contribution in [3.8, 4) is 11.5 Å². The zero-order valence-corrected chi connectivity index (χ0v) is 10.3. The summed E-state index contributed by atoms with van der Waals surface area (Å²) in [6.07, 6.45) is 3.57. The molecular formula is C14H11ClN2O. The van der Waals surface area contributed by atoms with Gasteiger partial charge in [0.25, 0.3) is 0 Å². The van der Waals surface area contributed by atoms with Crippen molar-refractivity contribution in [3.05, 3.63) is 65.5 Å². The Kier molecular flexibility index (Phi) is 2.90. The number of furan rings is 1. The van der Waals surface area contributed by atoms with E-state index in [4.69, 9.17) is 16.0 Å². The fourth-order valence-electron chi connectivity index (χ4n) is 1.83. The first kappa shape index (κ1) is 11.1. The summed E-state index contributed by atoms with van der Waals surface area (Å²) < 4.78 is 7.17. The van der Waals surface area contributed by atoms with Gasteiger partial charge in [0.1, 0.15) is 5.69 Å². The Morgan fingerprint density at radius 1 is 1.17 bits per heavy atom. The van der Waals surface area contributed by atoms with Crippen LogP contribution in [0.1, 0.15) is 5.56 Å². The minimum atomic E-state index is 0.696. The van der Waals surface area contributed by atoms with Crippen LogP contribution in [0.5, 0.6) is 0 Å². The van der Waals surface area contributed by atoms with Crippen LogP contribution in [0, 0.1) is 0 Å². The first-order valence-corrected chi connectivity index (χ1v) is 6.01. The minimum Gasteiger partial charge on any atom is -0.463 e. The number of halogens is 1. The van der Waals surface area contributed by atoms with E-state index in [1.165, 1.54) is 0 Å². The zero-order valence-electron chi connectivity index (χ0n) is 9.58. The highest BCUT2D eigenvalue weighted by molar-refractivity contribution is 6.30. The molecule has 0 saturated carbocycles. The summed E-state index contributed by atoms with van der Waals surface area (Å²) in [5.74, 6) is 0.778. The number of hydrogen-bond acceptors (Lipinski definition) is 2. The molecule has 2 aromatic heterocycles. The SMILES string of the molecule is Clc1cccc(Cn2ccc(-c3ccco3)n2)c1. The van der Waals surface area contributed by atoms with Crippen molar-refractivity contribution in [2.45, 2.75) is 6.54 Å². The number of hydrogen-bond donors (Lipinski definition) is 0. The highest BCUT2D eigenvalue weighted by atomic mass is 35.5. The summed E-state index contributed by atoms with van der Waals surface area (Å²) in [4.78, 5) is 0. The van der Waals surface area contributed by atoms with E-state index in [0.29, 0.717) is 6.54 Å². The molecule has 0 aliphatic carbocycles. The van der Waals surface area contributed by atoms with Gasteiger partial charge in [-0.3, -0.25) is 4.68 Å². The van der Waals surface area contributed by atoms with Crippen LogP contribution in [0.25, 0.3) is 11.5 Å². The van der Waals surface area contributed by atoms with Gasteiger partial charge in [-0.25, -0.2) is 0 Å². The molecule has 3 nitrogen and oxygen atoms in total. The molecule has 0 radical (unpaired) electrons. The van der Waals surface area contributed by atoms with Crippen LogP contribution in [-0.2, 0) is 6.54 Å². The van der Waals surface area contributed by atoms with Crippen molar-refractivity contribution in [2.75, 3.05) is 0 Å². The average molecular weight is 259 g/mol. The van der Waals surface area contributed by atoms with Gasteiger partial charge in [0.05, 0.1) is 12.8 Å². The molecule has 4 heteroatoms. The van der Waals surface area contributed by atoms with Crippen LogP contribution in [0.15, 0.2) is 59.3 Å². The lowest BCUT2D eigenvalue weighted by Gasteiger charge is -2.02. The quantitative estimate of drug-likeness (QED) is 0.715. The number of rotatable bonds is 3. The fraction of sp³-hybridized carbons (Fsp3) is 0.0714. The van der Waals surface area contributed by atoms with Crippen molar-refractivity contribution >= 4 is 11.6 Å². The number of nitrogens with zero attached hydrogens (tertiary/aromatic N) is 2. The average Bonchev–Trinajstić information content (AvgIpc) is 2.98. The third kappa shape index (κ3) is 2.31. The Bertz CT molecular complexity index is 643. The highest BCUT2D eigenvalue weighted by Crippen LogP contribution is 2.18. The van der Waals surface area contributed by atoms with Gasteiger partial charge in [-0.1, -0.05) is 23.7 Å². The minimum absolute atomic E-state index is 0.696. The Morgan fingerprint density at radius 3 is 2.89 bits per heavy atom. The van der Waals surface area contributed by atoms with Crippen molar-refractivity contribution in [2.24, 2.45) is 0 Å². The van der Waals surface area contributed by atoms with E-state index in [1.807, 2.05) is 53.3 Å². The maximum absolute atomic E-state index is 5.95. The van der Waals surface area contributed by atoms with Crippen molar-refractivity contribution < 1.29 is 4.42 Å². The monoisotopic (exact) mass is 258 g/mol. The second kappa shape index (κ2) is 4.70. The van der Waals surface area contributed by atoms with E-state index in [-0.39, 0.29) is 0 Å². The molecule has 0 bridgehead atoms. The molecule has 2 heterocycles. The Morgan fingerprint density at radius 2 is 2.11 bits per heavy atom. The van der Waals surface area contributed by atoms with Gasteiger partial charge < -0.3 is 4.42 Å². The predicted molar refractivity (Wildman–Crippen MR) is 70.5 cm³/mol. The third-order valence-electron chi connectivity index (χ3n) is 2.65. The third-order valence-corrected chi connectivity index (χ3v) is 2.88. The smallest absolute Gasteiger partial charge is 0.154 e. The van der Waals surface area contributed by atoms with Gasteiger partial charge in [0.15, 0.2) is 5.76 Å². The summed E-state index contributed by atoms with van der Waals surface area (Å²) in [7, 11) is 0. The molecule has 18 heavy (non-hydrogen) atoms. The van der Waals surface area contributed by atoms with Gasteiger partial charge in [-0.2, -0.15) is 5.10 Å². The van der Waals surface area contributed by atoms with E-state index in [0.717, 1.165) is 22.0 Å². The molecule has 0 atom stereocenters. The number of aromatic nitrogens is 2. The summed E-state index contributed by atoms with van der Waals surface area (Å²) in [6, 6.07) is 13.5. The Labute approximate surface area is 110 Å². The summed E-state index contributed by atoms with van der Waals surface area (Å²) in [5, 5.41) is 5.20. The van der Waals surface area contributed by atoms with Gasteiger partial charge in [0.2, 0.25) is 0 Å². The molecule has 0 aliphatic rings. The lowest BCUT2D eigenvalue weighted by molar-refractivity contribution is 0.576. The standard InChI is InChI=1S/C14H11ClN2O/c15-12-4-1-3-11(9-12)10-17-7-6-13(16-17)14-5-2-8-18-14/h1-9H,10H2. The molecule has 90 valence electrons. The Hall–Kier alpha value is -2.00. The lowest BCUT2D eigenvalue weighted by Crippen LogP contribution is -2.00. The lowest BCUT2D eigenvalue weighted by atomic mass is 10.2. The maximum Gasteiger partial charge on any atom is 0.154 e. The van der Waals surface area contributed by atoms with E-state index < -0.39 is 0 Å². The predicted octanol–water partition coefficient (Wildman–Crippen LogP) is 3.84. The number of benzene rings is 1. The maximum atomic E-state index is 5.95. The molecule has 0 amide bonds.